The summed E-state index contributed by atoms with van der Waals surface area (Å²) in [6.45, 7) is 3.32. The van der Waals surface area contributed by atoms with Gasteiger partial charge in [0, 0.05) is 38.3 Å². The SMILES string of the molecule is CNCc1ccc(OC)cc1OCCCOCCOC. The summed E-state index contributed by atoms with van der Waals surface area (Å²) in [6.07, 6.45) is 0.847. The van der Waals surface area contributed by atoms with Gasteiger partial charge in [0.05, 0.1) is 26.9 Å². The van der Waals surface area contributed by atoms with Gasteiger partial charge in [-0.05, 0) is 13.1 Å². The van der Waals surface area contributed by atoms with E-state index in [1.54, 1.807) is 14.2 Å². The molecule has 0 radical (unpaired) electrons. The highest BCUT2D eigenvalue weighted by Gasteiger charge is 2.05. The summed E-state index contributed by atoms with van der Waals surface area (Å²) in [6, 6.07) is 5.87. The average molecular weight is 283 g/mol. The maximum absolute atomic E-state index is 5.81. The van der Waals surface area contributed by atoms with Crippen LogP contribution in [0.2, 0.25) is 0 Å². The Balaban J connectivity index is 2.37. The summed E-state index contributed by atoms with van der Waals surface area (Å²) >= 11 is 0. The minimum absolute atomic E-state index is 0.622. The van der Waals surface area contributed by atoms with Crippen molar-refractivity contribution >= 4 is 0 Å². The number of hydrogen-bond donors (Lipinski definition) is 1. The molecule has 1 aromatic rings. The lowest BCUT2D eigenvalue weighted by molar-refractivity contribution is 0.0644. The first-order chi connectivity index (χ1) is 9.81. The van der Waals surface area contributed by atoms with Crippen LogP contribution in [0.3, 0.4) is 0 Å². The number of rotatable bonds is 11. The zero-order chi connectivity index (χ0) is 14.6. The number of nitrogens with one attached hydrogen (secondary N) is 1. The van der Waals surface area contributed by atoms with Crippen molar-refractivity contribution in [3.8, 4) is 11.5 Å². The molecule has 5 nitrogen and oxygen atoms in total. The maximum atomic E-state index is 5.81. The molecule has 0 heterocycles. The van der Waals surface area contributed by atoms with Gasteiger partial charge in [0.2, 0.25) is 0 Å². The van der Waals surface area contributed by atoms with Gasteiger partial charge in [-0.15, -0.1) is 0 Å². The lowest BCUT2D eigenvalue weighted by atomic mass is 10.2. The normalized spacial score (nSPS) is 10.6. The van der Waals surface area contributed by atoms with E-state index in [1.807, 2.05) is 25.2 Å². The van der Waals surface area contributed by atoms with Crippen molar-refractivity contribution in [3.05, 3.63) is 23.8 Å². The molecule has 0 aromatic heterocycles. The zero-order valence-electron chi connectivity index (χ0n) is 12.6. The molecule has 0 aliphatic carbocycles. The maximum Gasteiger partial charge on any atom is 0.127 e. The van der Waals surface area contributed by atoms with Crippen molar-refractivity contribution in [2.75, 3.05) is 47.7 Å². The second kappa shape index (κ2) is 10.5. The Bertz CT molecular complexity index is 371. The molecule has 0 aliphatic heterocycles. The molecular weight excluding hydrogens is 258 g/mol. The molecule has 1 N–H and O–H groups in total. The van der Waals surface area contributed by atoms with Gasteiger partial charge in [-0.3, -0.25) is 0 Å². The molecule has 5 heteroatoms. The molecule has 0 amide bonds. The molecular formula is C15H25NO4. The quantitative estimate of drug-likeness (QED) is 0.628. The van der Waals surface area contributed by atoms with Gasteiger partial charge in [0.15, 0.2) is 0 Å². The van der Waals surface area contributed by atoms with Crippen LogP contribution in [-0.4, -0.2) is 47.7 Å². The van der Waals surface area contributed by atoms with Gasteiger partial charge in [0.25, 0.3) is 0 Å². The van der Waals surface area contributed by atoms with Crippen molar-refractivity contribution in [2.45, 2.75) is 13.0 Å². The largest absolute Gasteiger partial charge is 0.497 e. The minimum atomic E-state index is 0.622. The minimum Gasteiger partial charge on any atom is -0.497 e. The highest BCUT2D eigenvalue weighted by molar-refractivity contribution is 5.40. The summed E-state index contributed by atoms with van der Waals surface area (Å²) in [5.41, 5.74) is 1.12. The highest BCUT2D eigenvalue weighted by Crippen LogP contribution is 2.24. The lowest BCUT2D eigenvalue weighted by Gasteiger charge is -2.13. The van der Waals surface area contributed by atoms with Gasteiger partial charge < -0.3 is 24.3 Å². The van der Waals surface area contributed by atoms with Crippen LogP contribution in [0, 0.1) is 0 Å². The van der Waals surface area contributed by atoms with Gasteiger partial charge >= 0.3 is 0 Å². The predicted molar refractivity (Wildman–Crippen MR) is 78.6 cm³/mol. The molecule has 0 fully saturated rings. The molecule has 0 atom stereocenters. The van der Waals surface area contributed by atoms with Crippen LogP contribution in [0.5, 0.6) is 11.5 Å². The fourth-order valence-electron chi connectivity index (χ4n) is 1.72. The summed E-state index contributed by atoms with van der Waals surface area (Å²) < 4.78 is 21.3. The third kappa shape index (κ3) is 6.23. The highest BCUT2D eigenvalue weighted by atomic mass is 16.5. The van der Waals surface area contributed by atoms with E-state index in [4.69, 9.17) is 18.9 Å². The van der Waals surface area contributed by atoms with Crippen LogP contribution < -0.4 is 14.8 Å². The standard InChI is InChI=1S/C15H25NO4/c1-16-12-13-5-6-14(18-3)11-15(13)20-8-4-7-19-10-9-17-2/h5-6,11,16H,4,7-10,12H2,1-3H3. The molecule has 20 heavy (non-hydrogen) atoms. The Labute approximate surface area is 121 Å². The molecule has 1 aromatic carbocycles. The van der Waals surface area contributed by atoms with Gasteiger partial charge in [-0.1, -0.05) is 6.07 Å². The third-order valence-corrected chi connectivity index (χ3v) is 2.76. The van der Waals surface area contributed by atoms with Crippen molar-refractivity contribution in [1.82, 2.24) is 5.32 Å². The first-order valence-corrected chi connectivity index (χ1v) is 6.82. The number of benzene rings is 1. The fourth-order valence-corrected chi connectivity index (χ4v) is 1.72. The molecule has 0 unspecified atom stereocenters. The smallest absolute Gasteiger partial charge is 0.127 e. The van der Waals surface area contributed by atoms with E-state index in [0.717, 1.165) is 30.0 Å². The van der Waals surface area contributed by atoms with Crippen LogP contribution >= 0.6 is 0 Å². The Morgan fingerprint density at radius 1 is 1.05 bits per heavy atom. The van der Waals surface area contributed by atoms with E-state index in [2.05, 4.69) is 5.32 Å². The molecule has 1 rings (SSSR count). The van der Waals surface area contributed by atoms with Crippen LogP contribution in [0.25, 0.3) is 0 Å². The van der Waals surface area contributed by atoms with E-state index < -0.39 is 0 Å². The molecule has 114 valence electrons. The van der Waals surface area contributed by atoms with Crippen LogP contribution in [0.15, 0.2) is 18.2 Å². The van der Waals surface area contributed by atoms with Crippen LogP contribution in [-0.2, 0) is 16.0 Å². The predicted octanol–water partition coefficient (Wildman–Crippen LogP) is 1.85. The molecule has 0 aliphatic rings. The zero-order valence-corrected chi connectivity index (χ0v) is 12.6. The number of methoxy groups -OCH3 is 2. The summed E-state index contributed by atoms with van der Waals surface area (Å²) in [5, 5.41) is 3.13. The Kier molecular flexibility index (Phi) is 8.78. The molecule has 0 saturated heterocycles. The second-order valence-corrected chi connectivity index (χ2v) is 4.31. The molecule has 0 bridgehead atoms. The first kappa shape index (κ1) is 16.8. The number of hydrogen-bond acceptors (Lipinski definition) is 5. The summed E-state index contributed by atoms with van der Waals surface area (Å²) in [5.74, 6) is 1.66. The fraction of sp³-hybridized carbons (Fsp3) is 0.600. The van der Waals surface area contributed by atoms with E-state index in [-0.39, 0.29) is 0 Å². The Hall–Kier alpha value is -1.30. The topological polar surface area (TPSA) is 49.0 Å². The van der Waals surface area contributed by atoms with Crippen molar-refractivity contribution in [3.63, 3.8) is 0 Å². The van der Waals surface area contributed by atoms with Crippen molar-refractivity contribution < 1.29 is 18.9 Å². The van der Waals surface area contributed by atoms with E-state index in [9.17, 15) is 0 Å². The molecule has 0 spiro atoms. The van der Waals surface area contributed by atoms with Gasteiger partial charge in [-0.2, -0.15) is 0 Å². The van der Waals surface area contributed by atoms with Gasteiger partial charge in [-0.25, -0.2) is 0 Å². The van der Waals surface area contributed by atoms with Crippen molar-refractivity contribution in [1.29, 1.82) is 0 Å². The molecule has 0 saturated carbocycles. The van der Waals surface area contributed by atoms with E-state index in [0.29, 0.717) is 26.4 Å². The van der Waals surface area contributed by atoms with E-state index >= 15 is 0 Å². The lowest BCUT2D eigenvalue weighted by Crippen LogP contribution is -2.10. The third-order valence-electron chi connectivity index (χ3n) is 2.76. The summed E-state index contributed by atoms with van der Waals surface area (Å²) in [7, 11) is 5.23. The van der Waals surface area contributed by atoms with Crippen LogP contribution in [0.4, 0.5) is 0 Å². The Morgan fingerprint density at radius 3 is 2.60 bits per heavy atom. The monoisotopic (exact) mass is 283 g/mol. The van der Waals surface area contributed by atoms with Crippen molar-refractivity contribution in [2.24, 2.45) is 0 Å². The number of ether oxygens (including phenoxy) is 4. The first-order valence-electron chi connectivity index (χ1n) is 6.82. The van der Waals surface area contributed by atoms with E-state index in [1.165, 1.54) is 0 Å². The summed E-state index contributed by atoms with van der Waals surface area (Å²) in [4.78, 5) is 0. The Morgan fingerprint density at radius 2 is 1.90 bits per heavy atom. The second-order valence-electron chi connectivity index (χ2n) is 4.31. The van der Waals surface area contributed by atoms with Gasteiger partial charge in [0.1, 0.15) is 11.5 Å². The van der Waals surface area contributed by atoms with Crippen LogP contribution in [0.1, 0.15) is 12.0 Å². The average Bonchev–Trinajstić information content (AvgIpc) is 2.48.